The Kier molecular flexibility index (Phi) is 4.56. The molecular weight excluding hydrogens is 268 g/mol. The average Bonchev–Trinajstić information content (AvgIpc) is 2.89. The molecule has 0 bridgehead atoms. The Morgan fingerprint density at radius 2 is 1.90 bits per heavy atom. The molecule has 0 aliphatic heterocycles. The van der Waals surface area contributed by atoms with Gasteiger partial charge >= 0.3 is 0 Å². The topological polar surface area (TPSA) is 85.3 Å². The highest BCUT2D eigenvalue weighted by Crippen LogP contribution is 2.12. The first kappa shape index (κ1) is 14.6. The zero-order valence-electron chi connectivity index (χ0n) is 11.6. The van der Waals surface area contributed by atoms with Crippen LogP contribution >= 0.6 is 0 Å². The van der Waals surface area contributed by atoms with Crippen LogP contribution in [0.15, 0.2) is 53.0 Å². The number of primary amides is 1. The Balaban J connectivity index is 2.05. The van der Waals surface area contributed by atoms with E-state index < -0.39 is 17.9 Å². The Hall–Kier alpha value is -2.82. The third kappa shape index (κ3) is 4.07. The predicted octanol–water partition coefficient (Wildman–Crippen LogP) is 1.94. The Bertz CT molecular complexity index is 659. The first-order valence-electron chi connectivity index (χ1n) is 6.45. The molecule has 0 aliphatic rings. The summed E-state index contributed by atoms with van der Waals surface area (Å²) >= 11 is 0. The molecule has 1 atom stereocenters. The highest BCUT2D eigenvalue weighted by atomic mass is 16.3. The number of nitrogens with one attached hydrogen (secondary N) is 1. The van der Waals surface area contributed by atoms with E-state index in [0.717, 1.165) is 5.76 Å². The number of amides is 2. The number of aryl methyl sites for hydroxylation is 1. The minimum Gasteiger partial charge on any atom is -0.462 e. The average molecular weight is 284 g/mol. The highest BCUT2D eigenvalue weighted by molar-refractivity contribution is 5.95. The van der Waals surface area contributed by atoms with Crippen molar-refractivity contribution in [2.75, 3.05) is 0 Å². The summed E-state index contributed by atoms with van der Waals surface area (Å²) in [5.74, 6) is 0.292. The molecule has 3 N–H and O–H groups in total. The van der Waals surface area contributed by atoms with Gasteiger partial charge < -0.3 is 15.5 Å². The molecule has 1 aromatic carbocycles. The Morgan fingerprint density at radius 3 is 2.48 bits per heavy atom. The Labute approximate surface area is 122 Å². The van der Waals surface area contributed by atoms with Gasteiger partial charge in [0.25, 0.3) is 0 Å². The van der Waals surface area contributed by atoms with Gasteiger partial charge in [-0.3, -0.25) is 9.59 Å². The van der Waals surface area contributed by atoms with Gasteiger partial charge in [0.1, 0.15) is 17.6 Å². The van der Waals surface area contributed by atoms with Gasteiger partial charge in [0.2, 0.25) is 11.8 Å². The molecule has 1 unspecified atom stereocenters. The summed E-state index contributed by atoms with van der Waals surface area (Å²) in [5.41, 5.74) is 5.97. The lowest BCUT2D eigenvalue weighted by Crippen LogP contribution is -2.36. The standard InChI is InChI=1S/C16H16N2O3/c1-11-7-8-13(21-11)9-10-14(19)18-15(16(17)20)12-5-3-2-4-6-12/h2-10,15H,1H3,(H2,17,20)(H,18,19)/b10-9+. The molecular formula is C16H16N2O3. The minimum absolute atomic E-state index is 0.420. The molecule has 2 rings (SSSR count). The fraction of sp³-hybridized carbons (Fsp3) is 0.125. The van der Waals surface area contributed by atoms with Crippen molar-refractivity contribution in [1.29, 1.82) is 0 Å². The molecule has 0 saturated heterocycles. The molecule has 0 saturated carbocycles. The van der Waals surface area contributed by atoms with Crippen molar-refractivity contribution in [3.63, 3.8) is 0 Å². The second kappa shape index (κ2) is 6.56. The monoisotopic (exact) mass is 284 g/mol. The molecule has 108 valence electrons. The van der Waals surface area contributed by atoms with E-state index in [4.69, 9.17) is 10.2 Å². The largest absolute Gasteiger partial charge is 0.462 e. The van der Waals surface area contributed by atoms with Crippen molar-refractivity contribution in [3.8, 4) is 0 Å². The lowest BCUT2D eigenvalue weighted by molar-refractivity contribution is -0.125. The van der Waals surface area contributed by atoms with Crippen LogP contribution in [0.1, 0.15) is 23.1 Å². The van der Waals surface area contributed by atoms with Crippen LogP contribution in [0.2, 0.25) is 0 Å². The molecule has 1 heterocycles. The first-order chi connectivity index (χ1) is 10.1. The van der Waals surface area contributed by atoms with E-state index in [-0.39, 0.29) is 0 Å². The number of hydrogen-bond acceptors (Lipinski definition) is 3. The van der Waals surface area contributed by atoms with Gasteiger partial charge in [0, 0.05) is 6.08 Å². The summed E-state index contributed by atoms with van der Waals surface area (Å²) in [6.07, 6.45) is 2.84. The maximum absolute atomic E-state index is 11.9. The maximum atomic E-state index is 11.9. The molecule has 2 amide bonds. The van der Waals surface area contributed by atoms with E-state index in [1.54, 1.807) is 36.4 Å². The predicted molar refractivity (Wildman–Crippen MR) is 79.0 cm³/mol. The third-order valence-electron chi connectivity index (χ3n) is 2.86. The summed E-state index contributed by atoms with van der Waals surface area (Å²) in [4.78, 5) is 23.3. The minimum atomic E-state index is -0.860. The van der Waals surface area contributed by atoms with Gasteiger partial charge in [0.15, 0.2) is 0 Å². The van der Waals surface area contributed by atoms with Crippen molar-refractivity contribution in [2.45, 2.75) is 13.0 Å². The third-order valence-corrected chi connectivity index (χ3v) is 2.86. The normalized spacial score (nSPS) is 12.2. The van der Waals surface area contributed by atoms with Gasteiger partial charge in [-0.15, -0.1) is 0 Å². The molecule has 5 nitrogen and oxygen atoms in total. The SMILES string of the molecule is Cc1ccc(/C=C/C(=O)NC(C(N)=O)c2ccccc2)o1. The Morgan fingerprint density at radius 1 is 1.19 bits per heavy atom. The summed E-state index contributed by atoms with van der Waals surface area (Å²) in [6.45, 7) is 1.82. The molecule has 0 radical (unpaired) electrons. The van der Waals surface area contributed by atoms with Gasteiger partial charge in [-0.25, -0.2) is 0 Å². The second-order valence-corrected chi connectivity index (χ2v) is 4.54. The number of hydrogen-bond donors (Lipinski definition) is 2. The van der Waals surface area contributed by atoms with Crippen molar-refractivity contribution in [3.05, 3.63) is 65.6 Å². The van der Waals surface area contributed by atoms with Gasteiger partial charge in [-0.2, -0.15) is 0 Å². The van der Waals surface area contributed by atoms with Crippen LogP contribution in [0.5, 0.6) is 0 Å². The highest BCUT2D eigenvalue weighted by Gasteiger charge is 2.18. The second-order valence-electron chi connectivity index (χ2n) is 4.54. The summed E-state index contributed by atoms with van der Waals surface area (Å²) in [7, 11) is 0. The summed E-state index contributed by atoms with van der Waals surface area (Å²) < 4.78 is 5.31. The summed E-state index contributed by atoms with van der Waals surface area (Å²) in [6, 6.07) is 11.5. The van der Waals surface area contributed by atoms with E-state index in [1.165, 1.54) is 12.2 Å². The van der Waals surface area contributed by atoms with E-state index in [0.29, 0.717) is 11.3 Å². The van der Waals surface area contributed by atoms with Crippen molar-refractivity contribution in [2.24, 2.45) is 5.73 Å². The maximum Gasteiger partial charge on any atom is 0.245 e. The number of furan rings is 1. The van der Waals surface area contributed by atoms with E-state index in [9.17, 15) is 9.59 Å². The molecule has 2 aromatic rings. The van der Waals surface area contributed by atoms with E-state index in [1.807, 2.05) is 13.0 Å². The first-order valence-corrected chi connectivity index (χ1v) is 6.45. The van der Waals surface area contributed by atoms with Crippen LogP contribution in [0.4, 0.5) is 0 Å². The summed E-state index contributed by atoms with van der Waals surface area (Å²) in [5, 5.41) is 2.57. The van der Waals surface area contributed by atoms with Gasteiger partial charge in [0.05, 0.1) is 0 Å². The smallest absolute Gasteiger partial charge is 0.245 e. The van der Waals surface area contributed by atoms with Crippen LogP contribution in [-0.2, 0) is 9.59 Å². The number of carbonyl (C=O) groups excluding carboxylic acids is 2. The fourth-order valence-corrected chi connectivity index (χ4v) is 1.86. The van der Waals surface area contributed by atoms with Crippen molar-refractivity contribution < 1.29 is 14.0 Å². The van der Waals surface area contributed by atoms with Gasteiger partial charge in [-0.1, -0.05) is 30.3 Å². The number of nitrogens with two attached hydrogens (primary N) is 1. The quantitative estimate of drug-likeness (QED) is 0.823. The lowest BCUT2D eigenvalue weighted by atomic mass is 10.1. The van der Waals surface area contributed by atoms with Crippen molar-refractivity contribution >= 4 is 17.9 Å². The molecule has 0 fully saturated rings. The number of rotatable bonds is 5. The van der Waals surface area contributed by atoms with E-state index in [2.05, 4.69) is 5.32 Å². The van der Waals surface area contributed by atoms with E-state index >= 15 is 0 Å². The van der Waals surface area contributed by atoms with Crippen LogP contribution in [-0.4, -0.2) is 11.8 Å². The van der Waals surface area contributed by atoms with Crippen LogP contribution < -0.4 is 11.1 Å². The van der Waals surface area contributed by atoms with Crippen LogP contribution in [0, 0.1) is 6.92 Å². The molecule has 1 aromatic heterocycles. The zero-order valence-corrected chi connectivity index (χ0v) is 11.6. The molecule has 5 heteroatoms. The van der Waals surface area contributed by atoms with Crippen molar-refractivity contribution in [1.82, 2.24) is 5.32 Å². The fourth-order valence-electron chi connectivity index (χ4n) is 1.86. The molecule has 0 aliphatic carbocycles. The lowest BCUT2D eigenvalue weighted by Gasteiger charge is -2.14. The zero-order chi connectivity index (χ0) is 15.2. The number of benzene rings is 1. The van der Waals surface area contributed by atoms with Crippen LogP contribution in [0.25, 0.3) is 6.08 Å². The van der Waals surface area contributed by atoms with Crippen LogP contribution in [0.3, 0.4) is 0 Å². The van der Waals surface area contributed by atoms with Gasteiger partial charge in [-0.05, 0) is 30.7 Å². The number of carbonyl (C=O) groups is 2. The molecule has 0 spiro atoms. The molecule has 21 heavy (non-hydrogen) atoms.